The highest BCUT2D eigenvalue weighted by molar-refractivity contribution is 6.36. The Hall–Kier alpha value is -4.74. The third-order valence-corrected chi connectivity index (χ3v) is 9.03. The number of pyridine rings is 1. The van der Waals surface area contributed by atoms with E-state index in [-0.39, 0.29) is 23.6 Å². The summed E-state index contributed by atoms with van der Waals surface area (Å²) in [6, 6.07) is 13.5. The van der Waals surface area contributed by atoms with Gasteiger partial charge in [0.1, 0.15) is 5.56 Å². The van der Waals surface area contributed by atoms with E-state index in [0.29, 0.717) is 35.2 Å². The molecule has 1 saturated heterocycles. The minimum atomic E-state index is -0.692. The molecule has 11 nitrogen and oxygen atoms in total. The fourth-order valence-electron chi connectivity index (χ4n) is 6.14. The highest BCUT2D eigenvalue weighted by atomic mass is 35.5. The van der Waals surface area contributed by atoms with Crippen molar-refractivity contribution in [2.24, 2.45) is 7.05 Å². The van der Waals surface area contributed by atoms with Gasteiger partial charge in [0.05, 0.1) is 17.8 Å². The number of nitrogens with zero attached hydrogens (tertiary/aromatic N) is 2. The van der Waals surface area contributed by atoms with Gasteiger partial charge >= 0.3 is 5.69 Å². The molecule has 0 spiro atoms. The Balaban J connectivity index is 1.29. The number of rotatable bonds is 8. The van der Waals surface area contributed by atoms with Gasteiger partial charge in [-0.15, -0.1) is 0 Å². The van der Waals surface area contributed by atoms with Gasteiger partial charge in [0.15, 0.2) is 0 Å². The average Bonchev–Trinajstić information content (AvgIpc) is 3.65. The molecule has 1 aliphatic carbocycles. The molecule has 1 fully saturated rings. The van der Waals surface area contributed by atoms with E-state index in [0.717, 1.165) is 63.4 Å². The van der Waals surface area contributed by atoms with Crippen LogP contribution in [0.25, 0.3) is 22.4 Å². The van der Waals surface area contributed by atoms with Crippen molar-refractivity contribution in [3.63, 3.8) is 0 Å². The number of halogens is 1. The lowest BCUT2D eigenvalue weighted by Gasteiger charge is -2.20. The lowest BCUT2D eigenvalue weighted by Crippen LogP contribution is -2.37. The van der Waals surface area contributed by atoms with E-state index in [1.165, 1.54) is 7.05 Å². The van der Waals surface area contributed by atoms with Crippen LogP contribution in [0.5, 0.6) is 5.88 Å². The summed E-state index contributed by atoms with van der Waals surface area (Å²) in [5, 5.41) is 9.90. The Morgan fingerprint density at radius 3 is 2.60 bits per heavy atom. The number of H-pyrrole nitrogens is 1. The largest absolute Gasteiger partial charge is 0.481 e. The smallest absolute Gasteiger partial charge is 0.328 e. The molecule has 3 heterocycles. The number of benzene rings is 2. The van der Waals surface area contributed by atoms with E-state index in [1.54, 1.807) is 19.2 Å². The maximum Gasteiger partial charge on any atom is 0.328 e. The van der Waals surface area contributed by atoms with Gasteiger partial charge in [-0.05, 0) is 55.0 Å². The Kier molecular flexibility index (Phi) is 8.30. The van der Waals surface area contributed by atoms with Crippen LogP contribution in [0.4, 0.5) is 5.69 Å². The van der Waals surface area contributed by atoms with Gasteiger partial charge in [0.25, 0.3) is 11.5 Å². The van der Waals surface area contributed by atoms with Gasteiger partial charge in [0, 0.05) is 60.7 Å². The van der Waals surface area contributed by atoms with Crippen LogP contribution in [-0.2, 0) is 18.3 Å². The van der Waals surface area contributed by atoms with Crippen molar-refractivity contribution in [3.05, 3.63) is 96.8 Å². The van der Waals surface area contributed by atoms with E-state index in [9.17, 15) is 19.2 Å². The molecule has 2 aromatic heterocycles. The number of carbonyl (C=O) groups is 2. The zero-order valence-corrected chi connectivity index (χ0v) is 25.9. The second-order valence-electron chi connectivity index (χ2n) is 11.4. The molecular formula is C33H33ClN6O5. The molecule has 1 aliphatic heterocycles. The van der Waals surface area contributed by atoms with Crippen molar-refractivity contribution in [3.8, 4) is 28.3 Å². The predicted octanol–water partition coefficient (Wildman–Crippen LogP) is 3.88. The second-order valence-corrected chi connectivity index (χ2v) is 11.7. The highest BCUT2D eigenvalue weighted by Gasteiger charge is 2.30. The highest BCUT2D eigenvalue weighted by Crippen LogP contribution is 2.43. The van der Waals surface area contributed by atoms with E-state index in [2.05, 4.69) is 27.0 Å². The van der Waals surface area contributed by atoms with Crippen LogP contribution < -0.4 is 31.9 Å². The molecule has 2 atom stereocenters. The number of ether oxygens (including phenoxy) is 1. The van der Waals surface area contributed by atoms with Gasteiger partial charge in [-0.1, -0.05) is 41.9 Å². The van der Waals surface area contributed by atoms with Crippen LogP contribution >= 0.6 is 11.6 Å². The summed E-state index contributed by atoms with van der Waals surface area (Å²) in [6.45, 7) is 2.55. The zero-order chi connectivity index (χ0) is 31.8. The molecule has 6 rings (SSSR count). The van der Waals surface area contributed by atoms with Gasteiger partial charge in [0.2, 0.25) is 11.8 Å². The first-order chi connectivity index (χ1) is 21.7. The van der Waals surface area contributed by atoms with Crippen LogP contribution in [0.15, 0.2) is 58.3 Å². The first-order valence-corrected chi connectivity index (χ1v) is 15.1. The van der Waals surface area contributed by atoms with E-state index in [4.69, 9.17) is 21.3 Å². The van der Waals surface area contributed by atoms with Crippen molar-refractivity contribution < 1.29 is 14.3 Å². The third-order valence-electron chi connectivity index (χ3n) is 8.62. The van der Waals surface area contributed by atoms with E-state index < -0.39 is 17.2 Å². The number of carbonyl (C=O) groups excluding carboxylic acids is 2. The summed E-state index contributed by atoms with van der Waals surface area (Å²) in [7, 11) is 2.92. The number of aryl methyl sites for hydroxylation is 1. The summed E-state index contributed by atoms with van der Waals surface area (Å²) >= 11 is 7.07. The van der Waals surface area contributed by atoms with Crippen LogP contribution in [0.2, 0.25) is 5.02 Å². The van der Waals surface area contributed by atoms with Crippen molar-refractivity contribution >= 4 is 29.1 Å². The molecule has 0 saturated carbocycles. The number of fused-ring (bicyclic) bond motifs is 1. The van der Waals surface area contributed by atoms with Gasteiger partial charge in [-0.25, -0.2) is 9.78 Å². The zero-order valence-electron chi connectivity index (χ0n) is 25.1. The van der Waals surface area contributed by atoms with Crippen LogP contribution in [-0.4, -0.2) is 46.0 Å². The van der Waals surface area contributed by atoms with Gasteiger partial charge < -0.3 is 25.7 Å². The summed E-state index contributed by atoms with van der Waals surface area (Å²) in [5.74, 6) is 0.00657. The van der Waals surface area contributed by atoms with Gasteiger partial charge in [-0.3, -0.25) is 19.0 Å². The molecule has 2 aromatic carbocycles. The minimum absolute atomic E-state index is 0.0766. The summed E-state index contributed by atoms with van der Waals surface area (Å²) in [4.78, 5) is 56.1. The number of anilines is 1. The number of aromatic amines is 1. The maximum atomic E-state index is 13.0. The van der Waals surface area contributed by atoms with Gasteiger partial charge in [-0.2, -0.15) is 0 Å². The molecule has 2 amide bonds. The molecule has 45 heavy (non-hydrogen) atoms. The van der Waals surface area contributed by atoms with Crippen LogP contribution in [0.3, 0.4) is 0 Å². The monoisotopic (exact) mass is 628 g/mol. The molecule has 4 aromatic rings. The van der Waals surface area contributed by atoms with Crippen molar-refractivity contribution in [2.75, 3.05) is 19.0 Å². The number of methoxy groups -OCH3 is 1. The molecule has 0 radical (unpaired) electrons. The Morgan fingerprint density at radius 2 is 1.84 bits per heavy atom. The molecule has 0 bridgehead atoms. The quantitative estimate of drug-likeness (QED) is 0.232. The Labute approximate surface area is 264 Å². The SMILES string of the molecule is COc1nc(-c2cccc(-c3cccc(NC(=O)c4c[nH]c(=O)n(C)c4=O)c3C)c2Cl)cc2c1C(NCC1CCC(=O)N1)CC2. The molecule has 2 aliphatic rings. The number of hydrogen-bond donors (Lipinski definition) is 4. The first kappa shape index (κ1) is 30.3. The van der Waals surface area contributed by atoms with Crippen molar-refractivity contribution in [2.45, 2.75) is 44.7 Å². The summed E-state index contributed by atoms with van der Waals surface area (Å²) in [5.41, 5.74) is 4.93. The van der Waals surface area contributed by atoms with E-state index in [1.807, 2.05) is 31.2 Å². The fourth-order valence-corrected chi connectivity index (χ4v) is 6.46. The summed E-state index contributed by atoms with van der Waals surface area (Å²) < 4.78 is 6.62. The molecule has 4 N–H and O–H groups in total. The van der Waals surface area contributed by atoms with Crippen molar-refractivity contribution in [1.29, 1.82) is 0 Å². The summed E-state index contributed by atoms with van der Waals surface area (Å²) in [6.07, 6.45) is 4.27. The Morgan fingerprint density at radius 1 is 1.09 bits per heavy atom. The van der Waals surface area contributed by atoms with E-state index >= 15 is 0 Å². The fraction of sp³-hybridized carbons (Fsp3) is 0.303. The second kappa shape index (κ2) is 12.3. The molecule has 12 heteroatoms. The lowest BCUT2D eigenvalue weighted by atomic mass is 9.96. The van der Waals surface area contributed by atoms with Crippen LogP contribution in [0.1, 0.15) is 52.4 Å². The number of hydrogen-bond acceptors (Lipinski definition) is 7. The topological polar surface area (TPSA) is 147 Å². The average molecular weight is 629 g/mol. The number of nitrogens with one attached hydrogen (secondary N) is 4. The standard InChI is InChI=1S/C33H33ClN6O5/c1-17-20(6-5-9-24(17)38-30(42)23-16-36-33(44)40(2)32(23)43)21-7-4-8-22(29(21)34)26-14-18-10-12-25(28(18)31(39-26)45-3)35-15-19-11-13-27(41)37-19/h4-9,14,16,19,25,35H,10-13,15H2,1-3H3,(H,36,44)(H,37,41)(H,38,42). The van der Waals surface area contributed by atoms with Crippen molar-refractivity contribution in [1.82, 2.24) is 25.2 Å². The normalized spacial score (nSPS) is 17.2. The minimum Gasteiger partial charge on any atom is -0.481 e. The first-order valence-electron chi connectivity index (χ1n) is 14.8. The third kappa shape index (κ3) is 5.76. The molecule has 232 valence electrons. The van der Waals surface area contributed by atoms with Crippen LogP contribution in [0, 0.1) is 6.92 Å². The maximum absolute atomic E-state index is 13.0. The molecule has 2 unspecified atom stereocenters. The number of amides is 2. The Bertz CT molecular complexity index is 1950. The predicted molar refractivity (Wildman–Crippen MR) is 172 cm³/mol. The number of aromatic nitrogens is 3. The molecular weight excluding hydrogens is 596 g/mol. The lowest BCUT2D eigenvalue weighted by molar-refractivity contribution is -0.119.